The Hall–Kier alpha value is -1.52. The van der Waals surface area contributed by atoms with Crippen LogP contribution in [0.25, 0.3) is 0 Å². The van der Waals surface area contributed by atoms with Gasteiger partial charge in [0.15, 0.2) is 5.69 Å². The average molecular weight is 279 g/mol. The molecule has 2 N–H and O–H groups in total. The monoisotopic (exact) mass is 279 g/mol. The maximum absolute atomic E-state index is 11.6. The Morgan fingerprint density at radius 2 is 2.35 bits per heavy atom. The predicted octanol–water partition coefficient (Wildman–Crippen LogP) is 2.86. The Bertz CT molecular complexity index is 456. The van der Waals surface area contributed by atoms with Crippen molar-refractivity contribution in [1.29, 1.82) is 0 Å². The molecule has 1 aromatic rings. The molecule has 5 nitrogen and oxygen atoms in total. The van der Waals surface area contributed by atoms with Gasteiger partial charge in [0.1, 0.15) is 5.82 Å². The van der Waals surface area contributed by atoms with E-state index in [2.05, 4.69) is 11.9 Å². The number of imidazole rings is 1. The number of esters is 1. The van der Waals surface area contributed by atoms with Crippen LogP contribution in [0.5, 0.6) is 0 Å². The predicted molar refractivity (Wildman–Crippen MR) is 78.3 cm³/mol. The van der Waals surface area contributed by atoms with E-state index in [1.807, 2.05) is 4.57 Å². The summed E-state index contributed by atoms with van der Waals surface area (Å²) in [5.74, 6) is 1.60. The van der Waals surface area contributed by atoms with Crippen LogP contribution in [-0.4, -0.2) is 22.1 Å². The zero-order valence-corrected chi connectivity index (χ0v) is 12.5. The number of aromatic nitrogens is 2. The third kappa shape index (κ3) is 3.52. The lowest BCUT2D eigenvalue weighted by Crippen LogP contribution is -2.16. The van der Waals surface area contributed by atoms with Gasteiger partial charge in [0, 0.05) is 6.54 Å². The number of carbonyl (C=O) groups is 1. The zero-order valence-electron chi connectivity index (χ0n) is 12.5. The Labute approximate surface area is 120 Å². The number of anilines is 1. The highest BCUT2D eigenvalue weighted by atomic mass is 16.5. The van der Waals surface area contributed by atoms with E-state index in [0.717, 1.165) is 24.8 Å². The summed E-state index contributed by atoms with van der Waals surface area (Å²) in [4.78, 5) is 15.7. The summed E-state index contributed by atoms with van der Waals surface area (Å²) in [6, 6.07) is 0. The Kier molecular flexibility index (Phi) is 5.04. The highest BCUT2D eigenvalue weighted by Crippen LogP contribution is 2.31. The van der Waals surface area contributed by atoms with Crippen molar-refractivity contribution in [2.24, 2.45) is 11.8 Å². The third-order valence-electron chi connectivity index (χ3n) is 4.17. The lowest BCUT2D eigenvalue weighted by Gasteiger charge is -2.26. The van der Waals surface area contributed by atoms with Crippen molar-refractivity contribution in [3.63, 3.8) is 0 Å². The molecule has 0 saturated heterocycles. The largest absolute Gasteiger partial charge is 0.461 e. The fraction of sp³-hybridized carbons (Fsp3) is 0.733. The lowest BCUT2D eigenvalue weighted by atomic mass is 9.81. The molecule has 1 fully saturated rings. The fourth-order valence-corrected chi connectivity index (χ4v) is 3.07. The summed E-state index contributed by atoms with van der Waals surface area (Å²) < 4.78 is 6.80. The number of nitrogens with two attached hydrogens (primary N) is 1. The van der Waals surface area contributed by atoms with Crippen LogP contribution in [0.15, 0.2) is 6.33 Å². The average Bonchev–Trinajstić information content (AvgIpc) is 2.78. The molecule has 1 heterocycles. The van der Waals surface area contributed by atoms with Gasteiger partial charge in [-0.3, -0.25) is 0 Å². The molecule has 5 heteroatoms. The molecule has 2 atom stereocenters. The second kappa shape index (κ2) is 6.77. The van der Waals surface area contributed by atoms with Crippen LogP contribution in [0.2, 0.25) is 0 Å². The van der Waals surface area contributed by atoms with Gasteiger partial charge in [0.2, 0.25) is 0 Å². The molecule has 112 valence electrons. The van der Waals surface area contributed by atoms with Gasteiger partial charge in [-0.25, -0.2) is 9.78 Å². The van der Waals surface area contributed by atoms with Crippen LogP contribution >= 0.6 is 0 Å². The first kappa shape index (κ1) is 14.9. The number of ether oxygens (including phenoxy) is 1. The van der Waals surface area contributed by atoms with Gasteiger partial charge in [-0.05, 0) is 31.6 Å². The topological polar surface area (TPSA) is 70.1 Å². The van der Waals surface area contributed by atoms with Crippen LogP contribution in [0.1, 0.15) is 56.4 Å². The van der Waals surface area contributed by atoms with Gasteiger partial charge in [0.05, 0.1) is 12.9 Å². The number of hydrogen-bond acceptors (Lipinski definition) is 4. The van der Waals surface area contributed by atoms with Crippen LogP contribution in [0.4, 0.5) is 5.82 Å². The van der Waals surface area contributed by atoms with E-state index in [4.69, 9.17) is 10.5 Å². The van der Waals surface area contributed by atoms with E-state index in [0.29, 0.717) is 12.4 Å². The SMILES string of the molecule is CCOC(=O)c1ncn(CCC2CCCC(C)C2)c1N. The van der Waals surface area contributed by atoms with Gasteiger partial charge >= 0.3 is 5.97 Å². The molecule has 0 amide bonds. The normalized spacial score (nSPS) is 22.7. The fourth-order valence-electron chi connectivity index (χ4n) is 3.07. The zero-order chi connectivity index (χ0) is 14.5. The van der Waals surface area contributed by atoms with Gasteiger partial charge in [-0.1, -0.05) is 26.2 Å². The van der Waals surface area contributed by atoms with Gasteiger partial charge < -0.3 is 15.0 Å². The molecular formula is C15H25N3O2. The maximum atomic E-state index is 11.6. The first-order valence-electron chi connectivity index (χ1n) is 7.59. The van der Waals surface area contributed by atoms with Crippen molar-refractivity contribution in [2.45, 2.75) is 52.5 Å². The minimum absolute atomic E-state index is 0.240. The van der Waals surface area contributed by atoms with E-state index in [-0.39, 0.29) is 5.69 Å². The minimum Gasteiger partial charge on any atom is -0.461 e. The standard InChI is InChI=1S/C15H25N3O2/c1-3-20-15(19)13-14(16)18(10-17-13)8-7-12-6-4-5-11(2)9-12/h10-12H,3-9,16H2,1-2H3. The molecule has 1 aromatic heterocycles. The first-order chi connectivity index (χ1) is 9.61. The highest BCUT2D eigenvalue weighted by Gasteiger charge is 2.20. The summed E-state index contributed by atoms with van der Waals surface area (Å²) in [7, 11) is 0. The van der Waals surface area contributed by atoms with E-state index in [9.17, 15) is 4.79 Å². The smallest absolute Gasteiger partial charge is 0.360 e. The first-order valence-corrected chi connectivity index (χ1v) is 7.59. The third-order valence-corrected chi connectivity index (χ3v) is 4.17. The molecule has 0 radical (unpaired) electrons. The summed E-state index contributed by atoms with van der Waals surface area (Å²) in [5, 5.41) is 0. The number of nitrogens with zero attached hydrogens (tertiary/aromatic N) is 2. The molecule has 0 aromatic carbocycles. The van der Waals surface area contributed by atoms with Crippen LogP contribution < -0.4 is 5.73 Å². The van der Waals surface area contributed by atoms with Crippen molar-refractivity contribution in [2.75, 3.05) is 12.3 Å². The summed E-state index contributed by atoms with van der Waals surface area (Å²) >= 11 is 0. The Morgan fingerprint density at radius 1 is 1.55 bits per heavy atom. The second-order valence-electron chi connectivity index (χ2n) is 5.82. The van der Waals surface area contributed by atoms with Crippen LogP contribution in [0.3, 0.4) is 0 Å². The van der Waals surface area contributed by atoms with Gasteiger partial charge in [-0.2, -0.15) is 0 Å². The Balaban J connectivity index is 1.91. The van der Waals surface area contributed by atoms with Crippen molar-refractivity contribution in [3.8, 4) is 0 Å². The minimum atomic E-state index is -0.435. The molecule has 2 rings (SSSR count). The number of hydrogen-bond donors (Lipinski definition) is 1. The molecule has 20 heavy (non-hydrogen) atoms. The summed E-state index contributed by atoms with van der Waals surface area (Å²) in [5.41, 5.74) is 6.22. The molecule has 0 spiro atoms. The molecule has 1 aliphatic carbocycles. The number of carbonyl (C=O) groups excluding carboxylic acids is 1. The number of rotatable bonds is 5. The van der Waals surface area contributed by atoms with E-state index >= 15 is 0 Å². The van der Waals surface area contributed by atoms with Crippen molar-refractivity contribution < 1.29 is 9.53 Å². The molecule has 1 aliphatic rings. The molecule has 0 aliphatic heterocycles. The van der Waals surface area contributed by atoms with Crippen LogP contribution in [0, 0.1) is 11.8 Å². The molecule has 0 bridgehead atoms. The molecule has 2 unspecified atom stereocenters. The van der Waals surface area contributed by atoms with Crippen molar-refractivity contribution >= 4 is 11.8 Å². The van der Waals surface area contributed by atoms with Gasteiger partial charge in [-0.15, -0.1) is 0 Å². The maximum Gasteiger partial charge on any atom is 0.360 e. The van der Waals surface area contributed by atoms with Crippen molar-refractivity contribution in [3.05, 3.63) is 12.0 Å². The van der Waals surface area contributed by atoms with Crippen molar-refractivity contribution in [1.82, 2.24) is 9.55 Å². The van der Waals surface area contributed by atoms with Gasteiger partial charge in [0.25, 0.3) is 0 Å². The Morgan fingerprint density at radius 3 is 3.05 bits per heavy atom. The lowest BCUT2D eigenvalue weighted by molar-refractivity contribution is 0.0521. The summed E-state index contributed by atoms with van der Waals surface area (Å²) in [6.45, 7) is 5.27. The van der Waals surface area contributed by atoms with E-state index in [1.165, 1.54) is 25.7 Å². The van der Waals surface area contributed by atoms with E-state index in [1.54, 1.807) is 13.3 Å². The quantitative estimate of drug-likeness (QED) is 0.841. The van der Waals surface area contributed by atoms with Crippen LogP contribution in [-0.2, 0) is 11.3 Å². The number of nitrogen functional groups attached to an aromatic ring is 1. The molecule has 1 saturated carbocycles. The highest BCUT2D eigenvalue weighted by molar-refractivity contribution is 5.92. The second-order valence-corrected chi connectivity index (χ2v) is 5.82. The number of aryl methyl sites for hydroxylation is 1. The summed E-state index contributed by atoms with van der Waals surface area (Å²) in [6.07, 6.45) is 8.06. The molecular weight excluding hydrogens is 254 g/mol. The van der Waals surface area contributed by atoms with E-state index < -0.39 is 5.97 Å².